The van der Waals surface area contributed by atoms with Crippen LogP contribution in [0.4, 0.5) is 0 Å². The molecule has 3 rings (SSSR count). The van der Waals surface area contributed by atoms with Gasteiger partial charge in [0.15, 0.2) is 11.5 Å². The number of rotatable bonds is 13. The number of carboxylic acids is 1. The summed E-state index contributed by atoms with van der Waals surface area (Å²) in [6.45, 7) is 4.42. The maximum Gasteiger partial charge on any atom is 0.326 e. The molecule has 1 amide bonds. The zero-order valence-electron chi connectivity index (χ0n) is 20.6. The highest BCUT2D eigenvalue weighted by molar-refractivity contribution is 5.86. The molecule has 0 aliphatic heterocycles. The van der Waals surface area contributed by atoms with Crippen LogP contribution in [0.2, 0.25) is 0 Å². The SMILES string of the molecule is CC(C)C[C@H](O)C(=O)N[C@@H](Cc1ccc(OCc2ccccc2)c(OCc2ccccc2)c1)C(=O)O. The number of aliphatic hydroxyl groups excluding tert-OH is 1. The molecule has 0 saturated heterocycles. The predicted molar refractivity (Wildman–Crippen MR) is 137 cm³/mol. The lowest BCUT2D eigenvalue weighted by Gasteiger charge is -2.19. The Kier molecular flexibility index (Phi) is 9.89. The van der Waals surface area contributed by atoms with Gasteiger partial charge in [-0.25, -0.2) is 4.79 Å². The van der Waals surface area contributed by atoms with Crippen LogP contribution in [0, 0.1) is 5.92 Å². The molecule has 0 saturated carbocycles. The monoisotopic (exact) mass is 491 g/mol. The minimum Gasteiger partial charge on any atom is -0.485 e. The van der Waals surface area contributed by atoms with Crippen molar-refractivity contribution in [2.45, 2.75) is 52.0 Å². The molecule has 0 spiro atoms. The first-order valence-corrected chi connectivity index (χ1v) is 12.0. The Bertz CT molecular complexity index is 1120. The van der Waals surface area contributed by atoms with Crippen molar-refractivity contribution in [3.8, 4) is 11.5 Å². The molecule has 0 aromatic heterocycles. The lowest BCUT2D eigenvalue weighted by atomic mass is 10.0. The van der Waals surface area contributed by atoms with E-state index in [1.54, 1.807) is 18.2 Å². The van der Waals surface area contributed by atoms with Crippen molar-refractivity contribution in [2.75, 3.05) is 0 Å². The largest absolute Gasteiger partial charge is 0.485 e. The highest BCUT2D eigenvalue weighted by Gasteiger charge is 2.25. The number of hydrogen-bond acceptors (Lipinski definition) is 5. The van der Waals surface area contributed by atoms with E-state index in [4.69, 9.17) is 9.47 Å². The summed E-state index contributed by atoms with van der Waals surface area (Å²) in [5, 5.41) is 22.2. The van der Waals surface area contributed by atoms with Gasteiger partial charge in [-0.15, -0.1) is 0 Å². The van der Waals surface area contributed by atoms with Gasteiger partial charge in [-0.1, -0.05) is 80.6 Å². The molecule has 2 atom stereocenters. The molecule has 7 heteroatoms. The minimum atomic E-state index is -1.26. The van der Waals surface area contributed by atoms with E-state index < -0.39 is 24.0 Å². The third kappa shape index (κ3) is 8.43. The van der Waals surface area contributed by atoms with Gasteiger partial charge in [0.1, 0.15) is 25.4 Å². The Balaban J connectivity index is 1.76. The predicted octanol–water partition coefficient (Wildman–Crippen LogP) is 4.36. The Morgan fingerprint density at radius 2 is 1.36 bits per heavy atom. The van der Waals surface area contributed by atoms with Crippen LogP contribution in [0.5, 0.6) is 11.5 Å². The van der Waals surface area contributed by atoms with Gasteiger partial charge in [0.25, 0.3) is 0 Å². The molecule has 0 unspecified atom stereocenters. The molecule has 3 N–H and O–H groups in total. The van der Waals surface area contributed by atoms with Crippen LogP contribution < -0.4 is 14.8 Å². The Labute approximate surface area is 211 Å². The van der Waals surface area contributed by atoms with Gasteiger partial charge in [-0.05, 0) is 41.2 Å². The smallest absolute Gasteiger partial charge is 0.326 e. The highest BCUT2D eigenvalue weighted by Crippen LogP contribution is 2.30. The third-order valence-electron chi connectivity index (χ3n) is 5.53. The van der Waals surface area contributed by atoms with E-state index >= 15 is 0 Å². The van der Waals surface area contributed by atoms with Crippen LogP contribution >= 0.6 is 0 Å². The highest BCUT2D eigenvalue weighted by atomic mass is 16.5. The van der Waals surface area contributed by atoms with Gasteiger partial charge in [-0.2, -0.15) is 0 Å². The number of hydrogen-bond donors (Lipinski definition) is 3. The van der Waals surface area contributed by atoms with Gasteiger partial charge in [-0.3, -0.25) is 4.79 Å². The van der Waals surface area contributed by atoms with Crippen molar-refractivity contribution < 1.29 is 29.3 Å². The summed E-state index contributed by atoms with van der Waals surface area (Å²) in [7, 11) is 0. The van der Waals surface area contributed by atoms with E-state index in [1.165, 1.54) is 0 Å². The van der Waals surface area contributed by atoms with Gasteiger partial charge < -0.3 is 25.0 Å². The molecule has 36 heavy (non-hydrogen) atoms. The molecule has 7 nitrogen and oxygen atoms in total. The topological polar surface area (TPSA) is 105 Å². The van der Waals surface area contributed by atoms with Crippen molar-refractivity contribution >= 4 is 11.9 Å². The molecule has 3 aromatic rings. The number of carbonyl (C=O) groups is 2. The summed E-state index contributed by atoms with van der Waals surface area (Å²) in [5.41, 5.74) is 2.63. The van der Waals surface area contributed by atoms with E-state index in [1.807, 2.05) is 74.5 Å². The Hall–Kier alpha value is -3.84. The lowest BCUT2D eigenvalue weighted by Crippen LogP contribution is -2.46. The number of amides is 1. The van der Waals surface area contributed by atoms with Crippen LogP contribution in [0.15, 0.2) is 78.9 Å². The van der Waals surface area contributed by atoms with Crippen molar-refractivity contribution in [2.24, 2.45) is 5.92 Å². The fourth-order valence-corrected chi connectivity index (χ4v) is 3.64. The van der Waals surface area contributed by atoms with Gasteiger partial charge >= 0.3 is 5.97 Å². The number of carboxylic acid groups (broad SMARTS) is 1. The number of carbonyl (C=O) groups excluding carboxylic acids is 1. The minimum absolute atomic E-state index is 0.0239. The van der Waals surface area contributed by atoms with Gasteiger partial charge in [0.05, 0.1) is 0 Å². The van der Waals surface area contributed by atoms with E-state index in [0.29, 0.717) is 30.3 Å². The van der Waals surface area contributed by atoms with E-state index in [2.05, 4.69) is 5.32 Å². The first-order chi connectivity index (χ1) is 17.3. The average molecular weight is 492 g/mol. The van der Waals surface area contributed by atoms with Crippen molar-refractivity contribution in [1.29, 1.82) is 0 Å². The zero-order valence-corrected chi connectivity index (χ0v) is 20.6. The van der Waals surface area contributed by atoms with E-state index in [9.17, 15) is 19.8 Å². The molecular weight excluding hydrogens is 458 g/mol. The molecule has 190 valence electrons. The summed E-state index contributed by atoms with van der Waals surface area (Å²) in [6, 6.07) is 23.5. The Morgan fingerprint density at radius 1 is 0.806 bits per heavy atom. The quantitative estimate of drug-likeness (QED) is 0.328. The van der Waals surface area contributed by atoms with Crippen molar-refractivity contribution in [1.82, 2.24) is 5.32 Å². The maximum atomic E-state index is 12.3. The molecule has 0 aliphatic rings. The van der Waals surface area contributed by atoms with Crippen LogP contribution in [0.25, 0.3) is 0 Å². The van der Waals surface area contributed by atoms with Gasteiger partial charge in [0, 0.05) is 6.42 Å². The van der Waals surface area contributed by atoms with Crippen LogP contribution in [-0.4, -0.2) is 34.2 Å². The van der Waals surface area contributed by atoms with E-state index in [-0.39, 0.29) is 18.8 Å². The number of nitrogens with one attached hydrogen (secondary N) is 1. The zero-order chi connectivity index (χ0) is 25.9. The van der Waals surface area contributed by atoms with Crippen molar-refractivity contribution in [3.63, 3.8) is 0 Å². The fourth-order valence-electron chi connectivity index (χ4n) is 3.64. The number of aliphatic hydroxyl groups is 1. The third-order valence-corrected chi connectivity index (χ3v) is 5.53. The average Bonchev–Trinajstić information content (AvgIpc) is 2.87. The standard InChI is InChI=1S/C29H33NO6/c1-20(2)15-25(31)28(32)30-24(29(33)34)16-23-13-14-26(35-18-21-9-5-3-6-10-21)27(17-23)36-19-22-11-7-4-8-12-22/h3-14,17,20,24-25,31H,15-16,18-19H2,1-2H3,(H,30,32)(H,33,34)/t24-,25-/m0/s1. The molecule has 0 aliphatic carbocycles. The summed E-state index contributed by atoms with van der Waals surface area (Å²) in [4.78, 5) is 24.2. The summed E-state index contributed by atoms with van der Waals surface area (Å²) < 4.78 is 12.1. The summed E-state index contributed by atoms with van der Waals surface area (Å²) in [5.74, 6) is -0.776. The molecule has 0 radical (unpaired) electrons. The summed E-state index contributed by atoms with van der Waals surface area (Å²) in [6.07, 6.45) is -0.982. The number of aliphatic carboxylic acids is 1. The second-order valence-electron chi connectivity index (χ2n) is 9.08. The molecular formula is C29H33NO6. The van der Waals surface area contributed by atoms with Crippen LogP contribution in [0.1, 0.15) is 37.0 Å². The number of ether oxygens (including phenoxy) is 2. The second kappa shape index (κ2) is 13.3. The normalized spacial score (nSPS) is 12.6. The molecule has 3 aromatic carbocycles. The molecule has 0 fully saturated rings. The molecule has 0 heterocycles. The fraction of sp³-hybridized carbons (Fsp3) is 0.310. The Morgan fingerprint density at radius 3 is 1.89 bits per heavy atom. The second-order valence-corrected chi connectivity index (χ2v) is 9.08. The van der Waals surface area contributed by atoms with Crippen LogP contribution in [-0.2, 0) is 29.2 Å². The first-order valence-electron chi connectivity index (χ1n) is 12.0. The van der Waals surface area contributed by atoms with E-state index in [0.717, 1.165) is 11.1 Å². The molecule has 0 bridgehead atoms. The van der Waals surface area contributed by atoms with Gasteiger partial charge in [0.2, 0.25) is 5.91 Å². The maximum absolute atomic E-state index is 12.3. The lowest BCUT2D eigenvalue weighted by molar-refractivity contribution is -0.143. The van der Waals surface area contributed by atoms with Crippen LogP contribution in [0.3, 0.4) is 0 Å². The first kappa shape index (κ1) is 26.8. The van der Waals surface area contributed by atoms with Crippen molar-refractivity contribution in [3.05, 3.63) is 95.6 Å². The summed E-state index contributed by atoms with van der Waals surface area (Å²) >= 11 is 0. The number of benzene rings is 3.